The number of rotatable bonds is 7. The predicted molar refractivity (Wildman–Crippen MR) is 108 cm³/mol. The number of carboxylic acid groups (broad SMARTS) is 1. The highest BCUT2D eigenvalue weighted by Gasteiger charge is 2.31. The largest absolute Gasteiger partial charge is 0.476 e. The van der Waals surface area contributed by atoms with Crippen LogP contribution in [-0.4, -0.2) is 34.4 Å². The zero-order chi connectivity index (χ0) is 23.7. The lowest BCUT2D eigenvalue weighted by molar-refractivity contribution is -0.137. The van der Waals surface area contributed by atoms with Gasteiger partial charge in [-0.25, -0.2) is 13.2 Å². The second-order valence-corrected chi connectivity index (χ2v) is 8.71. The van der Waals surface area contributed by atoms with Crippen LogP contribution in [0.5, 0.6) is 0 Å². The van der Waals surface area contributed by atoms with E-state index in [9.17, 15) is 31.5 Å². The van der Waals surface area contributed by atoms with Gasteiger partial charge in [-0.05, 0) is 42.0 Å². The fraction of sp³-hybridized carbons (Fsp3) is 0.158. The number of aromatic carboxylic acids is 1. The first-order valence-electron chi connectivity index (χ1n) is 8.79. The van der Waals surface area contributed by atoms with Gasteiger partial charge in [-0.15, -0.1) is 0 Å². The topological polar surface area (TPSA) is 122 Å². The molecule has 170 valence electrons. The van der Waals surface area contributed by atoms with Crippen molar-refractivity contribution in [2.75, 3.05) is 4.72 Å². The van der Waals surface area contributed by atoms with E-state index in [-0.39, 0.29) is 33.3 Å². The van der Waals surface area contributed by atoms with E-state index < -0.39 is 40.0 Å². The molecule has 3 aromatic rings. The molecule has 0 radical (unpaired) electrons. The van der Waals surface area contributed by atoms with Crippen LogP contribution in [0.3, 0.4) is 0 Å². The monoisotopic (exact) mass is 489 g/mol. The maximum Gasteiger partial charge on any atom is 0.416 e. The normalized spacial score (nSPS) is 12.0. The molecule has 0 saturated heterocycles. The van der Waals surface area contributed by atoms with Crippen molar-refractivity contribution in [1.82, 2.24) is 9.78 Å². The van der Waals surface area contributed by atoms with E-state index in [0.29, 0.717) is 6.07 Å². The number of nitrogens with zero attached hydrogens (tertiary/aromatic N) is 2. The number of hydrogen-bond donors (Lipinski definition) is 3. The number of anilines is 1. The van der Waals surface area contributed by atoms with Gasteiger partial charge in [0.1, 0.15) is 0 Å². The summed E-state index contributed by atoms with van der Waals surface area (Å²) in [7, 11) is -4.27. The van der Waals surface area contributed by atoms with Crippen molar-refractivity contribution in [3.63, 3.8) is 0 Å². The average molecular weight is 490 g/mol. The summed E-state index contributed by atoms with van der Waals surface area (Å²) in [6, 6.07) is 7.48. The molecule has 0 amide bonds. The molecule has 0 saturated carbocycles. The maximum atomic E-state index is 13.2. The van der Waals surface area contributed by atoms with Crippen LogP contribution in [0, 0.1) is 0 Å². The summed E-state index contributed by atoms with van der Waals surface area (Å²) in [6.45, 7) is -0.887. The van der Waals surface area contributed by atoms with Gasteiger partial charge in [0.15, 0.2) is 5.69 Å². The summed E-state index contributed by atoms with van der Waals surface area (Å²) in [5.41, 5.74) is -1.81. The number of carbonyl (C=O) groups is 1. The highest BCUT2D eigenvalue weighted by atomic mass is 35.5. The molecule has 8 nitrogen and oxygen atoms in total. The SMILES string of the molecule is O=C(O)c1nn(Cc2ccc(C(F)(F)F)cc2NS(=O)(=O)c2ccc(Cl)cc2)cc1CO. The minimum Gasteiger partial charge on any atom is -0.476 e. The van der Waals surface area contributed by atoms with Crippen molar-refractivity contribution in [3.05, 3.63) is 76.1 Å². The molecule has 3 N–H and O–H groups in total. The van der Waals surface area contributed by atoms with Crippen LogP contribution in [0.4, 0.5) is 18.9 Å². The van der Waals surface area contributed by atoms with Gasteiger partial charge in [0, 0.05) is 16.8 Å². The number of alkyl halides is 3. The number of nitrogens with one attached hydrogen (secondary N) is 1. The van der Waals surface area contributed by atoms with E-state index in [1.807, 2.05) is 0 Å². The van der Waals surface area contributed by atoms with E-state index in [2.05, 4.69) is 9.82 Å². The van der Waals surface area contributed by atoms with Crippen molar-refractivity contribution in [2.45, 2.75) is 24.2 Å². The molecule has 1 aromatic heterocycles. The first-order chi connectivity index (χ1) is 14.9. The van der Waals surface area contributed by atoms with Crippen LogP contribution in [0.1, 0.15) is 27.2 Å². The number of halogens is 4. The van der Waals surface area contributed by atoms with Crippen LogP contribution >= 0.6 is 11.6 Å². The quantitative estimate of drug-likeness (QED) is 0.466. The summed E-state index contributed by atoms with van der Waals surface area (Å²) in [4.78, 5) is 11.0. The molecule has 0 aliphatic heterocycles. The van der Waals surface area contributed by atoms with Crippen molar-refractivity contribution in [2.24, 2.45) is 0 Å². The number of carboxylic acids is 1. The van der Waals surface area contributed by atoms with Crippen LogP contribution in [0.2, 0.25) is 5.02 Å². The van der Waals surface area contributed by atoms with Gasteiger partial charge in [0.2, 0.25) is 0 Å². The molecule has 1 heterocycles. The highest BCUT2D eigenvalue weighted by molar-refractivity contribution is 7.92. The van der Waals surface area contributed by atoms with Crippen molar-refractivity contribution < 1.29 is 36.6 Å². The Labute approximate surface area is 184 Å². The Morgan fingerprint density at radius 1 is 1.12 bits per heavy atom. The number of benzene rings is 2. The van der Waals surface area contributed by atoms with Crippen molar-refractivity contribution in [3.8, 4) is 0 Å². The predicted octanol–water partition coefficient (Wildman–Crippen LogP) is 3.59. The number of aliphatic hydroxyl groups excluding tert-OH is 1. The van der Waals surface area contributed by atoms with Crippen molar-refractivity contribution in [1.29, 1.82) is 0 Å². The first-order valence-corrected chi connectivity index (χ1v) is 10.7. The van der Waals surface area contributed by atoms with Gasteiger partial charge in [0.05, 0.1) is 29.3 Å². The summed E-state index contributed by atoms with van der Waals surface area (Å²) in [5.74, 6) is -1.40. The second-order valence-electron chi connectivity index (χ2n) is 6.59. The molecule has 0 unspecified atom stereocenters. The molecule has 3 rings (SSSR count). The van der Waals surface area contributed by atoms with Gasteiger partial charge in [-0.2, -0.15) is 18.3 Å². The summed E-state index contributed by atoms with van der Waals surface area (Å²) < 4.78 is 68.3. The molecular weight excluding hydrogens is 475 g/mol. The van der Waals surface area contributed by atoms with Crippen molar-refractivity contribution >= 4 is 33.3 Å². The molecule has 0 bridgehead atoms. The van der Waals surface area contributed by atoms with Gasteiger partial charge in [-0.3, -0.25) is 9.40 Å². The van der Waals surface area contributed by atoms with Gasteiger partial charge in [-0.1, -0.05) is 17.7 Å². The lowest BCUT2D eigenvalue weighted by atomic mass is 10.1. The zero-order valence-electron chi connectivity index (χ0n) is 16.0. The molecule has 0 aliphatic carbocycles. The zero-order valence-corrected chi connectivity index (χ0v) is 17.5. The third-order valence-corrected chi connectivity index (χ3v) is 5.98. The fourth-order valence-electron chi connectivity index (χ4n) is 2.82. The summed E-state index contributed by atoms with van der Waals surface area (Å²) in [6.07, 6.45) is -3.52. The number of aromatic nitrogens is 2. The van der Waals surface area contributed by atoms with Crippen LogP contribution < -0.4 is 4.72 Å². The fourth-order valence-corrected chi connectivity index (χ4v) is 4.03. The number of sulfonamides is 1. The molecule has 32 heavy (non-hydrogen) atoms. The van der Waals surface area contributed by atoms with Crippen LogP contribution in [0.25, 0.3) is 0 Å². The minimum atomic E-state index is -4.73. The molecule has 0 fully saturated rings. The van der Waals surface area contributed by atoms with Gasteiger partial charge < -0.3 is 10.2 Å². The Bertz CT molecular complexity index is 1260. The third kappa shape index (κ3) is 5.21. The standard InChI is InChI=1S/C19H15ClF3N3O5S/c20-14-3-5-15(6-4-14)32(30,31)25-16-7-13(19(21,22)23)2-1-11(16)8-26-9-12(10-27)17(24-26)18(28)29/h1-7,9,25,27H,8,10H2,(H,28,29). The number of hydrogen-bond acceptors (Lipinski definition) is 5. The Balaban J connectivity index is 2.03. The smallest absolute Gasteiger partial charge is 0.416 e. The van der Waals surface area contributed by atoms with Crippen LogP contribution in [-0.2, 0) is 29.4 Å². The average Bonchev–Trinajstić information content (AvgIpc) is 3.12. The molecule has 13 heteroatoms. The molecular formula is C19H15ClF3N3O5S. The third-order valence-electron chi connectivity index (χ3n) is 4.35. The van der Waals surface area contributed by atoms with Gasteiger partial charge in [0.25, 0.3) is 10.0 Å². The first kappa shape index (κ1) is 23.6. The van der Waals surface area contributed by atoms with E-state index in [1.165, 1.54) is 30.5 Å². The minimum absolute atomic E-state index is 0.00675. The molecule has 0 atom stereocenters. The lowest BCUT2D eigenvalue weighted by Gasteiger charge is -2.16. The molecule has 0 spiro atoms. The molecule has 0 aliphatic rings. The lowest BCUT2D eigenvalue weighted by Crippen LogP contribution is -2.16. The molecule has 2 aromatic carbocycles. The van der Waals surface area contributed by atoms with E-state index in [4.69, 9.17) is 16.7 Å². The van der Waals surface area contributed by atoms with Gasteiger partial charge >= 0.3 is 12.1 Å². The number of aliphatic hydroxyl groups is 1. The maximum absolute atomic E-state index is 13.2. The summed E-state index contributed by atoms with van der Waals surface area (Å²) in [5, 5.41) is 22.5. The van der Waals surface area contributed by atoms with E-state index in [1.54, 1.807) is 0 Å². The highest BCUT2D eigenvalue weighted by Crippen LogP contribution is 2.33. The van der Waals surface area contributed by atoms with E-state index in [0.717, 1.165) is 16.8 Å². The Morgan fingerprint density at radius 2 is 1.78 bits per heavy atom. The van der Waals surface area contributed by atoms with E-state index >= 15 is 0 Å². The Hall–Kier alpha value is -3.09. The Kier molecular flexibility index (Phi) is 6.49. The second kappa shape index (κ2) is 8.81. The van der Waals surface area contributed by atoms with Crippen LogP contribution in [0.15, 0.2) is 53.6 Å². The Morgan fingerprint density at radius 3 is 2.31 bits per heavy atom. The summed E-state index contributed by atoms with van der Waals surface area (Å²) >= 11 is 5.75.